The van der Waals surface area contributed by atoms with Crippen molar-refractivity contribution in [1.29, 1.82) is 0 Å². The highest BCUT2D eigenvalue weighted by Gasteiger charge is 2.22. The van der Waals surface area contributed by atoms with Crippen molar-refractivity contribution in [2.45, 2.75) is 6.92 Å². The van der Waals surface area contributed by atoms with Gasteiger partial charge in [-0.05, 0) is 30.8 Å². The molecule has 0 N–H and O–H groups in total. The quantitative estimate of drug-likeness (QED) is 0.340. The highest BCUT2D eigenvalue weighted by molar-refractivity contribution is 7.77. The number of rotatable bonds is 6. The van der Waals surface area contributed by atoms with Crippen LogP contribution < -0.4 is 10.6 Å². The van der Waals surface area contributed by atoms with Gasteiger partial charge in [-0.2, -0.15) is 0 Å². The first-order chi connectivity index (χ1) is 11.7. The summed E-state index contributed by atoms with van der Waals surface area (Å²) in [4.78, 5) is 12.3. The lowest BCUT2D eigenvalue weighted by Crippen LogP contribution is -2.15. The van der Waals surface area contributed by atoms with Crippen LogP contribution in [-0.2, 0) is 9.53 Å². The van der Waals surface area contributed by atoms with Gasteiger partial charge in [-0.1, -0.05) is 85.5 Å². The number of hydrogen-bond acceptors (Lipinski definition) is 2. The molecule has 0 bridgehead atoms. The average Bonchev–Trinajstić information content (AvgIpc) is 2.65. The molecule has 0 aliphatic heterocycles. The van der Waals surface area contributed by atoms with Gasteiger partial charge >= 0.3 is 5.97 Å². The summed E-state index contributed by atoms with van der Waals surface area (Å²) in [5.74, 6) is -0.345. The van der Waals surface area contributed by atoms with Crippen LogP contribution in [0.2, 0.25) is 0 Å². The van der Waals surface area contributed by atoms with Crippen LogP contribution in [0.3, 0.4) is 0 Å². The number of carbonyl (C=O) groups excluding carboxylic acids is 1. The van der Waals surface area contributed by atoms with Crippen molar-refractivity contribution in [2.75, 3.05) is 7.11 Å². The average molecular weight is 336 g/mol. The molecule has 3 heteroatoms. The fraction of sp³-hybridized carbons (Fsp3) is 0.0952. The standard InChI is InChI=1S/C21H21O2P/c1-4-12-19(21(22)23-3)20(5-2)24(17-13-8-6-9-14-17)18-15-10-7-11-16-18/h4-16H,2H2,1,3H3/b12-4-,20-19-. The second-order valence-corrected chi connectivity index (χ2v) is 7.19. The molecule has 2 nitrogen and oxygen atoms in total. The molecular weight excluding hydrogens is 315 g/mol. The molecule has 2 aromatic rings. The van der Waals surface area contributed by atoms with Gasteiger partial charge in [0.25, 0.3) is 0 Å². The van der Waals surface area contributed by atoms with E-state index in [1.54, 1.807) is 12.2 Å². The van der Waals surface area contributed by atoms with E-state index in [1.807, 2.05) is 49.4 Å². The lowest BCUT2D eigenvalue weighted by atomic mass is 10.2. The normalized spacial score (nSPS) is 12.1. The van der Waals surface area contributed by atoms with E-state index in [0.29, 0.717) is 5.57 Å². The molecule has 0 aromatic heterocycles. The van der Waals surface area contributed by atoms with Crippen LogP contribution in [0.25, 0.3) is 0 Å². The molecule has 122 valence electrons. The molecule has 0 aliphatic rings. The molecule has 0 heterocycles. The summed E-state index contributed by atoms with van der Waals surface area (Å²) in [5, 5.41) is 3.23. The number of hydrogen-bond donors (Lipinski definition) is 0. The van der Waals surface area contributed by atoms with Gasteiger partial charge in [0.05, 0.1) is 12.7 Å². The first-order valence-electron chi connectivity index (χ1n) is 7.70. The Morgan fingerprint density at radius 2 is 1.50 bits per heavy atom. The van der Waals surface area contributed by atoms with E-state index in [4.69, 9.17) is 4.74 Å². The molecule has 0 amide bonds. The number of methoxy groups -OCH3 is 1. The van der Waals surface area contributed by atoms with Gasteiger partial charge in [-0.3, -0.25) is 0 Å². The molecular formula is C21H21O2P. The second-order valence-electron chi connectivity index (χ2n) is 5.00. The van der Waals surface area contributed by atoms with Crippen molar-refractivity contribution in [3.8, 4) is 0 Å². The maximum Gasteiger partial charge on any atom is 0.338 e. The molecule has 2 aromatic carbocycles. The molecule has 0 atom stereocenters. The summed E-state index contributed by atoms with van der Waals surface area (Å²) in [6, 6.07) is 20.4. The fourth-order valence-electron chi connectivity index (χ4n) is 2.44. The Hall–Kier alpha value is -2.44. The smallest absolute Gasteiger partial charge is 0.338 e. The minimum atomic E-state index is -0.894. The minimum absolute atomic E-state index is 0.345. The van der Waals surface area contributed by atoms with Gasteiger partial charge in [-0.15, -0.1) is 0 Å². The van der Waals surface area contributed by atoms with E-state index in [9.17, 15) is 4.79 Å². The fourth-order valence-corrected chi connectivity index (χ4v) is 4.82. The molecule has 0 spiro atoms. The highest BCUT2D eigenvalue weighted by Crippen LogP contribution is 2.45. The third-order valence-corrected chi connectivity index (χ3v) is 6.01. The number of esters is 1. The predicted octanol–water partition coefficient (Wildman–Crippen LogP) is 4.31. The topological polar surface area (TPSA) is 26.3 Å². The van der Waals surface area contributed by atoms with Gasteiger partial charge in [-0.25, -0.2) is 4.79 Å². The minimum Gasteiger partial charge on any atom is -0.465 e. The summed E-state index contributed by atoms with van der Waals surface area (Å²) in [6.45, 7) is 5.86. The lowest BCUT2D eigenvalue weighted by molar-refractivity contribution is -0.135. The molecule has 0 radical (unpaired) electrons. The molecule has 0 fully saturated rings. The van der Waals surface area contributed by atoms with Crippen molar-refractivity contribution < 1.29 is 9.53 Å². The number of carbonyl (C=O) groups is 1. The van der Waals surface area contributed by atoms with Crippen LogP contribution in [-0.4, -0.2) is 13.1 Å². The van der Waals surface area contributed by atoms with Crippen LogP contribution in [0.5, 0.6) is 0 Å². The zero-order valence-electron chi connectivity index (χ0n) is 14.0. The molecule has 24 heavy (non-hydrogen) atoms. The van der Waals surface area contributed by atoms with Crippen LogP contribution >= 0.6 is 7.92 Å². The maximum absolute atomic E-state index is 12.3. The van der Waals surface area contributed by atoms with Crippen molar-refractivity contribution in [1.82, 2.24) is 0 Å². The van der Waals surface area contributed by atoms with E-state index < -0.39 is 7.92 Å². The van der Waals surface area contributed by atoms with Crippen LogP contribution in [0.1, 0.15) is 6.92 Å². The van der Waals surface area contributed by atoms with Crippen LogP contribution in [0.15, 0.2) is 96.4 Å². The Bertz CT molecular complexity index is 706. The number of benzene rings is 2. The van der Waals surface area contributed by atoms with Gasteiger partial charge in [0.15, 0.2) is 0 Å². The Morgan fingerprint density at radius 1 is 1.00 bits per heavy atom. The monoisotopic (exact) mass is 336 g/mol. The third kappa shape index (κ3) is 4.10. The zero-order chi connectivity index (χ0) is 17.4. The van der Waals surface area contributed by atoms with E-state index in [0.717, 1.165) is 5.31 Å². The van der Waals surface area contributed by atoms with Crippen molar-refractivity contribution in [3.05, 3.63) is 96.4 Å². The van der Waals surface area contributed by atoms with Gasteiger partial charge in [0.2, 0.25) is 0 Å². The van der Waals surface area contributed by atoms with E-state index in [1.165, 1.54) is 17.7 Å². The van der Waals surface area contributed by atoms with E-state index in [-0.39, 0.29) is 5.97 Å². The van der Waals surface area contributed by atoms with Crippen molar-refractivity contribution >= 4 is 24.5 Å². The highest BCUT2D eigenvalue weighted by atomic mass is 31.1. The summed E-state index contributed by atoms with van der Waals surface area (Å²) in [7, 11) is 0.509. The van der Waals surface area contributed by atoms with Gasteiger partial charge < -0.3 is 4.74 Å². The number of allylic oxidation sites excluding steroid dienone is 3. The van der Waals surface area contributed by atoms with Crippen LogP contribution in [0, 0.1) is 0 Å². The molecule has 2 rings (SSSR count). The largest absolute Gasteiger partial charge is 0.465 e. The molecule has 0 aliphatic carbocycles. The lowest BCUT2D eigenvalue weighted by Gasteiger charge is -2.22. The maximum atomic E-state index is 12.3. The summed E-state index contributed by atoms with van der Waals surface area (Å²) in [5.41, 5.74) is 0.550. The van der Waals surface area contributed by atoms with Gasteiger partial charge in [0.1, 0.15) is 0 Å². The molecule has 0 saturated heterocycles. The van der Waals surface area contributed by atoms with Gasteiger partial charge in [0, 0.05) is 0 Å². The van der Waals surface area contributed by atoms with E-state index >= 15 is 0 Å². The van der Waals surface area contributed by atoms with Crippen molar-refractivity contribution in [3.63, 3.8) is 0 Å². The molecule has 0 saturated carbocycles. The first kappa shape index (κ1) is 17.9. The van der Waals surface area contributed by atoms with E-state index in [2.05, 4.69) is 30.8 Å². The summed E-state index contributed by atoms with van der Waals surface area (Å²) < 4.78 is 4.98. The summed E-state index contributed by atoms with van der Waals surface area (Å²) >= 11 is 0. The Kier molecular flexibility index (Phi) is 6.72. The van der Waals surface area contributed by atoms with Crippen LogP contribution in [0.4, 0.5) is 0 Å². The SMILES string of the molecule is C=C/C(=C(\C=C/C)C(=O)OC)P(c1ccccc1)c1ccccc1. The third-order valence-electron chi connectivity index (χ3n) is 3.48. The Balaban J connectivity index is 2.72. The molecule has 0 unspecified atom stereocenters. The van der Waals surface area contributed by atoms with Crippen molar-refractivity contribution in [2.24, 2.45) is 0 Å². The number of ether oxygens (including phenoxy) is 1. The second kappa shape index (κ2) is 9.00. The Labute approximate surface area is 144 Å². The zero-order valence-corrected chi connectivity index (χ0v) is 14.9. The Morgan fingerprint density at radius 3 is 1.88 bits per heavy atom. The summed E-state index contributed by atoms with van der Waals surface area (Å²) in [6.07, 6.45) is 5.42. The first-order valence-corrected chi connectivity index (χ1v) is 9.05. The predicted molar refractivity (Wildman–Crippen MR) is 103 cm³/mol.